The van der Waals surface area contributed by atoms with Crippen LogP contribution in [0.25, 0.3) is 0 Å². The fraction of sp³-hybridized carbons (Fsp3) is 0.375. The highest BCUT2D eigenvalue weighted by Gasteiger charge is 1.84. The van der Waals surface area contributed by atoms with Crippen LogP contribution in [0.3, 0.4) is 0 Å². The van der Waals surface area contributed by atoms with Crippen LogP contribution >= 0.6 is 0 Å². The van der Waals surface area contributed by atoms with Gasteiger partial charge in [-0.15, -0.1) is 0 Å². The summed E-state index contributed by atoms with van der Waals surface area (Å²) in [6.07, 6.45) is 3.68. The molecule has 1 rings (SSSR count). The van der Waals surface area contributed by atoms with Gasteiger partial charge in [-0.25, -0.2) is 0 Å². The van der Waals surface area contributed by atoms with Crippen molar-refractivity contribution >= 4 is 0 Å². The molecule has 0 radical (unpaired) electrons. The molecule has 0 unspecified atom stereocenters. The van der Waals surface area contributed by atoms with E-state index < -0.39 is 0 Å². The van der Waals surface area contributed by atoms with Crippen LogP contribution in [0.2, 0.25) is 0 Å². The van der Waals surface area contributed by atoms with Crippen LogP contribution in [0.1, 0.15) is 18.6 Å². The quantitative estimate of drug-likeness (QED) is 0.516. The van der Waals surface area contributed by atoms with Gasteiger partial charge in [0.15, 0.2) is 0 Å². The molecule has 0 saturated heterocycles. The molecule has 0 saturated carbocycles. The highest BCUT2D eigenvalue weighted by atomic mass is 14.6. The minimum absolute atomic E-state index is 0. The first-order chi connectivity index (χ1) is 3.80. The van der Waals surface area contributed by atoms with Crippen molar-refractivity contribution in [3.8, 4) is 0 Å². The molecular weight excluding hydrogens is 110 g/mol. The Morgan fingerprint density at radius 2 is 1.89 bits per heavy atom. The van der Waals surface area contributed by atoms with Gasteiger partial charge in [0.05, 0.1) is 0 Å². The summed E-state index contributed by atoms with van der Waals surface area (Å²) in [6.45, 7) is 4.14. The number of aromatic nitrogens is 1. The second-order valence-electron chi connectivity index (χ2n) is 1.96. The van der Waals surface area contributed by atoms with E-state index in [1.165, 1.54) is 11.1 Å². The molecule has 0 aliphatic heterocycles. The molecule has 0 amide bonds. The van der Waals surface area contributed by atoms with Crippen LogP contribution in [0.15, 0.2) is 18.5 Å². The summed E-state index contributed by atoms with van der Waals surface area (Å²) in [4.78, 5) is 3.95. The van der Waals surface area contributed by atoms with Crippen molar-refractivity contribution in [3.05, 3.63) is 29.6 Å². The average molecular weight is 123 g/mol. The van der Waals surface area contributed by atoms with E-state index in [-0.39, 0.29) is 7.43 Å². The van der Waals surface area contributed by atoms with Gasteiger partial charge in [-0.2, -0.15) is 0 Å². The van der Waals surface area contributed by atoms with E-state index in [0.29, 0.717) is 0 Å². The smallest absolute Gasteiger partial charge is 0.0299 e. The van der Waals surface area contributed by atoms with Crippen molar-refractivity contribution in [2.75, 3.05) is 0 Å². The third-order valence-electron chi connectivity index (χ3n) is 1.30. The van der Waals surface area contributed by atoms with Crippen molar-refractivity contribution in [2.24, 2.45) is 0 Å². The summed E-state index contributed by atoms with van der Waals surface area (Å²) in [7, 11) is 0. The lowest BCUT2D eigenvalue weighted by atomic mass is 10.2. The predicted octanol–water partition coefficient (Wildman–Crippen LogP) is 2.33. The lowest BCUT2D eigenvalue weighted by Crippen LogP contribution is -1.78. The highest BCUT2D eigenvalue weighted by molar-refractivity contribution is 5.18. The molecule has 0 atom stereocenters. The molecule has 1 heterocycles. The summed E-state index contributed by atoms with van der Waals surface area (Å²) in [5.74, 6) is 0. The number of nitrogens with zero attached hydrogens (tertiary/aromatic N) is 1. The van der Waals surface area contributed by atoms with E-state index in [9.17, 15) is 0 Å². The molecule has 1 aromatic heterocycles. The average Bonchev–Trinajstić information content (AvgIpc) is 1.77. The SMILES string of the molecule is C.Cc1ccncc1C. The number of aryl methyl sites for hydroxylation is 2. The molecule has 0 aromatic carbocycles. The minimum atomic E-state index is 0. The van der Waals surface area contributed by atoms with Crippen LogP contribution in [0.4, 0.5) is 0 Å². The lowest BCUT2D eigenvalue weighted by molar-refractivity contribution is 1.22. The summed E-state index contributed by atoms with van der Waals surface area (Å²) in [5.41, 5.74) is 2.56. The zero-order valence-electron chi connectivity index (χ0n) is 5.18. The van der Waals surface area contributed by atoms with Gasteiger partial charge in [0.25, 0.3) is 0 Å². The van der Waals surface area contributed by atoms with Gasteiger partial charge in [-0.05, 0) is 31.0 Å². The van der Waals surface area contributed by atoms with E-state index in [1.54, 1.807) is 0 Å². The first kappa shape index (κ1) is 8.15. The molecule has 0 N–H and O–H groups in total. The monoisotopic (exact) mass is 123 g/mol. The van der Waals surface area contributed by atoms with Gasteiger partial charge in [0, 0.05) is 12.4 Å². The van der Waals surface area contributed by atoms with Gasteiger partial charge in [-0.3, -0.25) is 4.98 Å². The molecule has 0 fully saturated rings. The molecule has 50 valence electrons. The standard InChI is InChI=1S/C7H9N.CH4/c1-6-3-4-8-5-7(6)2;/h3-5H,1-2H3;1H4. The first-order valence-electron chi connectivity index (χ1n) is 2.68. The summed E-state index contributed by atoms with van der Waals surface area (Å²) < 4.78 is 0. The van der Waals surface area contributed by atoms with Gasteiger partial charge in [0.2, 0.25) is 0 Å². The van der Waals surface area contributed by atoms with E-state index in [0.717, 1.165) is 0 Å². The van der Waals surface area contributed by atoms with Crippen LogP contribution in [-0.4, -0.2) is 4.98 Å². The lowest BCUT2D eigenvalue weighted by Gasteiger charge is -1.92. The molecule has 0 spiro atoms. The molecule has 1 aromatic rings. The Morgan fingerprint density at radius 1 is 1.22 bits per heavy atom. The van der Waals surface area contributed by atoms with Gasteiger partial charge in [-0.1, -0.05) is 7.43 Å². The second-order valence-corrected chi connectivity index (χ2v) is 1.96. The highest BCUT2D eigenvalue weighted by Crippen LogP contribution is 2.00. The third-order valence-corrected chi connectivity index (χ3v) is 1.30. The van der Waals surface area contributed by atoms with Crippen LogP contribution < -0.4 is 0 Å². The van der Waals surface area contributed by atoms with Crippen molar-refractivity contribution < 1.29 is 0 Å². The van der Waals surface area contributed by atoms with Gasteiger partial charge < -0.3 is 0 Å². The van der Waals surface area contributed by atoms with Crippen LogP contribution in [0, 0.1) is 13.8 Å². The van der Waals surface area contributed by atoms with Crippen LogP contribution in [-0.2, 0) is 0 Å². The molecule has 0 aliphatic carbocycles. The summed E-state index contributed by atoms with van der Waals surface area (Å²) in [6, 6.07) is 2.01. The zero-order chi connectivity index (χ0) is 5.98. The Labute approximate surface area is 56.8 Å². The summed E-state index contributed by atoms with van der Waals surface area (Å²) >= 11 is 0. The summed E-state index contributed by atoms with van der Waals surface area (Å²) in [5, 5.41) is 0. The largest absolute Gasteiger partial charge is 0.264 e. The molecular formula is C8H13N. The second kappa shape index (κ2) is 3.23. The van der Waals surface area contributed by atoms with Gasteiger partial charge >= 0.3 is 0 Å². The van der Waals surface area contributed by atoms with Crippen molar-refractivity contribution in [1.82, 2.24) is 4.98 Å². The molecule has 9 heavy (non-hydrogen) atoms. The third kappa shape index (κ3) is 1.84. The normalized spacial score (nSPS) is 8.22. The van der Waals surface area contributed by atoms with E-state index in [2.05, 4.69) is 18.8 Å². The maximum absolute atomic E-state index is 3.95. The Kier molecular flexibility index (Phi) is 2.93. The Hall–Kier alpha value is -0.850. The van der Waals surface area contributed by atoms with Crippen molar-refractivity contribution in [3.63, 3.8) is 0 Å². The Balaban J connectivity index is 0.000000640. The number of pyridine rings is 1. The Morgan fingerprint density at radius 3 is 2.22 bits per heavy atom. The molecule has 0 aliphatic rings. The topological polar surface area (TPSA) is 12.9 Å². The molecule has 1 heteroatoms. The first-order valence-corrected chi connectivity index (χ1v) is 2.68. The number of hydrogen-bond acceptors (Lipinski definition) is 1. The van der Waals surface area contributed by atoms with E-state index in [1.807, 2.05) is 18.5 Å². The van der Waals surface area contributed by atoms with Crippen molar-refractivity contribution in [2.45, 2.75) is 21.3 Å². The zero-order valence-corrected chi connectivity index (χ0v) is 5.18. The van der Waals surface area contributed by atoms with Crippen LogP contribution in [0.5, 0.6) is 0 Å². The molecule has 1 nitrogen and oxygen atoms in total. The predicted molar refractivity (Wildman–Crippen MR) is 40.4 cm³/mol. The fourth-order valence-corrected chi connectivity index (χ4v) is 0.543. The Bertz CT molecular complexity index is 161. The van der Waals surface area contributed by atoms with Crippen molar-refractivity contribution in [1.29, 1.82) is 0 Å². The minimum Gasteiger partial charge on any atom is -0.264 e. The van der Waals surface area contributed by atoms with E-state index in [4.69, 9.17) is 0 Å². The van der Waals surface area contributed by atoms with Gasteiger partial charge in [0.1, 0.15) is 0 Å². The maximum Gasteiger partial charge on any atom is 0.0299 e. The fourth-order valence-electron chi connectivity index (χ4n) is 0.543. The molecule has 0 bridgehead atoms. The number of rotatable bonds is 0. The maximum atomic E-state index is 3.95. The number of hydrogen-bond donors (Lipinski definition) is 0. The van der Waals surface area contributed by atoms with E-state index >= 15 is 0 Å².